The molecule has 0 atom stereocenters. The number of aromatic nitrogens is 2. The molecule has 7 heteroatoms. The van der Waals surface area contributed by atoms with Crippen LogP contribution in [-0.4, -0.2) is 31.4 Å². The van der Waals surface area contributed by atoms with Crippen molar-refractivity contribution in [3.05, 3.63) is 34.4 Å². The first-order valence-electron chi connectivity index (χ1n) is 8.66. The largest absolute Gasteiger partial charge is 0.384 e. The van der Waals surface area contributed by atoms with Crippen LogP contribution >= 0.6 is 0 Å². The van der Waals surface area contributed by atoms with Crippen molar-refractivity contribution >= 4 is 24.9 Å². The van der Waals surface area contributed by atoms with Gasteiger partial charge in [-0.3, -0.25) is 9.37 Å². The highest BCUT2D eigenvalue weighted by Crippen LogP contribution is 2.36. The Morgan fingerprint density at radius 2 is 2.00 bits per heavy atom. The first-order valence-corrected chi connectivity index (χ1v) is 11.6. The molecule has 2 N–H and O–H groups in total. The number of benzene rings is 1. The number of hydrogen-bond donors (Lipinski definition) is 2. The van der Waals surface area contributed by atoms with E-state index in [0.29, 0.717) is 29.9 Å². The van der Waals surface area contributed by atoms with Gasteiger partial charge in [0.05, 0.1) is 17.5 Å². The van der Waals surface area contributed by atoms with Gasteiger partial charge in [-0.2, -0.15) is 0 Å². The fourth-order valence-electron chi connectivity index (χ4n) is 2.12. The summed E-state index contributed by atoms with van der Waals surface area (Å²) in [6, 6.07) is 5.63. The molecule has 138 valence electrons. The summed E-state index contributed by atoms with van der Waals surface area (Å²) in [4.78, 5) is 24.7. The predicted octanol–water partition coefficient (Wildman–Crippen LogP) is 3.99. The lowest BCUT2D eigenvalue weighted by Gasteiger charge is -2.34. The van der Waals surface area contributed by atoms with Gasteiger partial charge >= 0.3 is 0 Å². The molecule has 6 nitrogen and oxygen atoms in total. The molecule has 0 aliphatic heterocycles. The second-order valence-electron chi connectivity index (χ2n) is 7.80. The zero-order valence-corrected chi connectivity index (χ0v) is 17.0. The van der Waals surface area contributed by atoms with Gasteiger partial charge in [0.15, 0.2) is 0 Å². The molecule has 0 unspecified atom stereocenters. The van der Waals surface area contributed by atoms with Crippen LogP contribution in [0.1, 0.15) is 33.0 Å². The summed E-state index contributed by atoms with van der Waals surface area (Å²) in [5, 5.41) is 4.01. The molecular formula is C18H29N3O3Si. The van der Waals surface area contributed by atoms with Crippen LogP contribution in [0.3, 0.4) is 0 Å². The zero-order chi connectivity index (χ0) is 18.7. The Bertz CT molecular complexity index is 781. The Balaban J connectivity index is 1.87. The molecule has 0 saturated carbocycles. The van der Waals surface area contributed by atoms with Crippen molar-refractivity contribution in [3.63, 3.8) is 0 Å². The van der Waals surface area contributed by atoms with Crippen molar-refractivity contribution in [3.8, 4) is 0 Å². The topological polar surface area (TPSA) is 76.2 Å². The third-order valence-corrected chi connectivity index (χ3v) is 8.79. The Morgan fingerprint density at radius 1 is 1.28 bits per heavy atom. The highest BCUT2D eigenvalue weighted by atomic mass is 28.4. The maximum absolute atomic E-state index is 12.2. The molecule has 0 aliphatic rings. The Labute approximate surface area is 150 Å². The summed E-state index contributed by atoms with van der Waals surface area (Å²) < 4.78 is 5.69. The molecule has 2 aromatic rings. The van der Waals surface area contributed by atoms with Crippen LogP contribution in [0.2, 0.25) is 18.1 Å². The molecular weight excluding hydrogens is 334 g/mol. The van der Waals surface area contributed by atoms with E-state index in [4.69, 9.17) is 9.46 Å². The van der Waals surface area contributed by atoms with E-state index in [1.54, 1.807) is 6.92 Å². The standard InChI is InChI=1S/C18H29N3O3Si/c1-13-20-15-10-7-9-14(16(15)17(22)21-13)19-11-8-12-23-24-25(5,6)18(2,3)4/h7,9-10,19H,8,11-12H2,1-6H3,(H,20,21,22). The van der Waals surface area contributed by atoms with Crippen LogP contribution in [0, 0.1) is 6.92 Å². The van der Waals surface area contributed by atoms with Crippen LogP contribution in [0.4, 0.5) is 5.69 Å². The number of nitrogens with one attached hydrogen (secondary N) is 2. The molecule has 0 spiro atoms. The van der Waals surface area contributed by atoms with Crippen molar-refractivity contribution in [2.75, 3.05) is 18.5 Å². The summed E-state index contributed by atoms with van der Waals surface area (Å²) in [6.07, 6.45) is 0.780. The van der Waals surface area contributed by atoms with Crippen LogP contribution in [-0.2, 0) is 9.46 Å². The van der Waals surface area contributed by atoms with Crippen molar-refractivity contribution in [1.29, 1.82) is 0 Å². The molecule has 1 heterocycles. The van der Waals surface area contributed by atoms with Crippen molar-refractivity contribution in [1.82, 2.24) is 9.97 Å². The second kappa shape index (κ2) is 7.68. The van der Waals surface area contributed by atoms with Gasteiger partial charge in [0.1, 0.15) is 5.82 Å². The summed E-state index contributed by atoms with van der Waals surface area (Å²) in [7, 11) is -1.87. The number of nitrogens with zero attached hydrogens (tertiary/aromatic N) is 1. The van der Waals surface area contributed by atoms with E-state index in [-0.39, 0.29) is 10.6 Å². The minimum Gasteiger partial charge on any atom is -0.384 e. The maximum Gasteiger partial charge on any atom is 0.260 e. The van der Waals surface area contributed by atoms with Crippen molar-refractivity contribution < 1.29 is 9.46 Å². The summed E-state index contributed by atoms with van der Waals surface area (Å²) in [5.74, 6) is 0.617. The lowest BCUT2D eigenvalue weighted by Crippen LogP contribution is -2.40. The zero-order valence-electron chi connectivity index (χ0n) is 16.0. The van der Waals surface area contributed by atoms with Gasteiger partial charge in [-0.1, -0.05) is 26.8 Å². The third kappa shape index (κ3) is 4.90. The Morgan fingerprint density at radius 3 is 2.68 bits per heavy atom. The average Bonchev–Trinajstić information content (AvgIpc) is 2.49. The van der Waals surface area contributed by atoms with Gasteiger partial charge in [-0.25, -0.2) is 9.87 Å². The number of hydrogen-bond acceptors (Lipinski definition) is 5. The second-order valence-corrected chi connectivity index (χ2v) is 12.5. The summed E-state index contributed by atoms with van der Waals surface area (Å²) in [6.45, 7) is 13.8. The van der Waals surface area contributed by atoms with Gasteiger partial charge in [-0.05, 0) is 43.6 Å². The highest BCUT2D eigenvalue weighted by Gasteiger charge is 2.38. The van der Waals surface area contributed by atoms with Crippen LogP contribution in [0.5, 0.6) is 0 Å². The van der Waals surface area contributed by atoms with E-state index in [2.05, 4.69) is 49.1 Å². The molecule has 1 aromatic carbocycles. The van der Waals surface area contributed by atoms with E-state index < -0.39 is 8.32 Å². The van der Waals surface area contributed by atoms with Gasteiger partial charge in [0.2, 0.25) is 8.32 Å². The number of aromatic amines is 1. The molecule has 0 radical (unpaired) electrons. The molecule has 0 amide bonds. The fraction of sp³-hybridized carbons (Fsp3) is 0.556. The fourth-order valence-corrected chi connectivity index (χ4v) is 2.75. The molecule has 0 saturated heterocycles. The molecule has 0 aliphatic carbocycles. The third-order valence-electron chi connectivity index (χ3n) is 4.65. The molecule has 1 aromatic heterocycles. The van der Waals surface area contributed by atoms with E-state index in [1.807, 2.05) is 18.2 Å². The Hall–Kier alpha value is -1.70. The number of aryl methyl sites for hydroxylation is 1. The number of fused-ring (bicyclic) bond motifs is 1. The first kappa shape index (κ1) is 19.6. The summed E-state index contributed by atoms with van der Waals surface area (Å²) in [5.41, 5.74) is 1.36. The van der Waals surface area contributed by atoms with Gasteiger partial charge in [-0.15, -0.1) is 0 Å². The highest BCUT2D eigenvalue weighted by molar-refractivity contribution is 6.73. The number of anilines is 1. The minimum atomic E-state index is -1.87. The van der Waals surface area contributed by atoms with Gasteiger partial charge in [0.25, 0.3) is 5.56 Å². The maximum atomic E-state index is 12.2. The quantitative estimate of drug-likeness (QED) is 0.337. The predicted molar refractivity (Wildman–Crippen MR) is 104 cm³/mol. The molecule has 0 bridgehead atoms. The molecule has 2 rings (SSSR count). The van der Waals surface area contributed by atoms with Crippen LogP contribution in [0.25, 0.3) is 10.9 Å². The number of H-pyrrole nitrogens is 1. The number of rotatable bonds is 7. The summed E-state index contributed by atoms with van der Waals surface area (Å²) >= 11 is 0. The normalized spacial score (nSPS) is 12.6. The molecule has 25 heavy (non-hydrogen) atoms. The van der Waals surface area contributed by atoms with Gasteiger partial charge < -0.3 is 10.3 Å². The van der Waals surface area contributed by atoms with Crippen molar-refractivity contribution in [2.45, 2.75) is 52.2 Å². The first-order chi connectivity index (χ1) is 11.6. The van der Waals surface area contributed by atoms with Crippen molar-refractivity contribution in [2.24, 2.45) is 0 Å². The lowest BCUT2D eigenvalue weighted by molar-refractivity contribution is -0.220. The smallest absolute Gasteiger partial charge is 0.260 e. The molecule has 0 fully saturated rings. The van der Waals surface area contributed by atoms with Crippen LogP contribution < -0.4 is 10.9 Å². The monoisotopic (exact) mass is 363 g/mol. The minimum absolute atomic E-state index is 0.122. The SMILES string of the molecule is Cc1nc2cccc(NCCCOO[Si](C)(C)C(C)(C)C)c2c(=O)[nH]1. The Kier molecular flexibility index (Phi) is 6.02. The van der Waals surface area contributed by atoms with Crippen LogP contribution in [0.15, 0.2) is 23.0 Å². The van der Waals surface area contributed by atoms with Gasteiger partial charge in [0, 0.05) is 12.2 Å². The average molecular weight is 364 g/mol. The van der Waals surface area contributed by atoms with E-state index in [0.717, 1.165) is 12.1 Å². The van der Waals surface area contributed by atoms with E-state index in [1.165, 1.54) is 0 Å². The lowest BCUT2D eigenvalue weighted by atomic mass is 10.2. The van der Waals surface area contributed by atoms with E-state index in [9.17, 15) is 4.79 Å². The van der Waals surface area contributed by atoms with E-state index >= 15 is 0 Å².